The molecule has 0 bridgehead atoms. The lowest BCUT2D eigenvalue weighted by molar-refractivity contribution is -0.331. The third kappa shape index (κ3) is 3.58. The van der Waals surface area contributed by atoms with Gasteiger partial charge in [-0.05, 0) is 55.5 Å². The van der Waals surface area contributed by atoms with E-state index in [0.717, 1.165) is 28.8 Å². The molecule has 0 spiro atoms. The molecule has 0 aliphatic carbocycles. The second-order valence-electron chi connectivity index (χ2n) is 7.84. The first-order valence-electron chi connectivity index (χ1n) is 9.51. The Balaban J connectivity index is 2.69. The third-order valence-corrected chi connectivity index (χ3v) is 5.98. The Morgan fingerprint density at radius 2 is 1.50 bits per heavy atom. The Morgan fingerprint density at radius 1 is 0.964 bits per heavy atom. The molecule has 1 unspecified atom stereocenters. The van der Waals surface area contributed by atoms with Gasteiger partial charge in [-0.3, -0.25) is 0 Å². The standard InChI is InChI=1S/C23H29F3O2/c1-7-16-12-10-14-18-17(16)13-11-15-19(18)22(8-2,9-3)28-20(4,5)21(6,27)23(24,25)26/h7,10-15,27H,1,8-9H2,2-6H3. The topological polar surface area (TPSA) is 29.5 Å². The summed E-state index contributed by atoms with van der Waals surface area (Å²) < 4.78 is 46.8. The summed E-state index contributed by atoms with van der Waals surface area (Å²) >= 11 is 0. The highest BCUT2D eigenvalue weighted by Gasteiger charge is 2.61. The number of ether oxygens (including phenoxy) is 1. The van der Waals surface area contributed by atoms with Crippen LogP contribution in [-0.2, 0) is 10.3 Å². The summed E-state index contributed by atoms with van der Waals surface area (Å²) in [6.07, 6.45) is -2.15. The van der Waals surface area contributed by atoms with E-state index in [1.165, 1.54) is 13.8 Å². The fraction of sp³-hybridized carbons (Fsp3) is 0.478. The van der Waals surface area contributed by atoms with Crippen LogP contribution in [-0.4, -0.2) is 22.5 Å². The fourth-order valence-electron chi connectivity index (χ4n) is 3.67. The second-order valence-corrected chi connectivity index (χ2v) is 7.84. The average molecular weight is 394 g/mol. The molecule has 0 saturated heterocycles. The van der Waals surface area contributed by atoms with Crippen molar-refractivity contribution < 1.29 is 23.0 Å². The summed E-state index contributed by atoms with van der Waals surface area (Å²) in [4.78, 5) is 0. The van der Waals surface area contributed by atoms with Crippen LogP contribution < -0.4 is 0 Å². The van der Waals surface area contributed by atoms with Crippen LogP contribution in [0.15, 0.2) is 43.0 Å². The van der Waals surface area contributed by atoms with Crippen LogP contribution in [0.2, 0.25) is 0 Å². The Labute approximate surface area is 165 Å². The minimum atomic E-state index is -4.82. The van der Waals surface area contributed by atoms with E-state index < -0.39 is 23.0 Å². The van der Waals surface area contributed by atoms with E-state index in [-0.39, 0.29) is 0 Å². The van der Waals surface area contributed by atoms with Gasteiger partial charge in [0.25, 0.3) is 0 Å². The van der Waals surface area contributed by atoms with E-state index in [4.69, 9.17) is 4.74 Å². The van der Waals surface area contributed by atoms with Gasteiger partial charge >= 0.3 is 6.18 Å². The highest BCUT2D eigenvalue weighted by Crippen LogP contribution is 2.47. The van der Waals surface area contributed by atoms with Crippen molar-refractivity contribution in [1.29, 1.82) is 0 Å². The second kappa shape index (κ2) is 7.53. The Bertz CT molecular complexity index is 847. The van der Waals surface area contributed by atoms with Crippen molar-refractivity contribution in [2.45, 2.75) is 70.4 Å². The lowest BCUT2D eigenvalue weighted by atomic mass is 9.81. The minimum Gasteiger partial charge on any atom is -0.378 e. The van der Waals surface area contributed by atoms with E-state index in [0.29, 0.717) is 12.8 Å². The van der Waals surface area contributed by atoms with Crippen molar-refractivity contribution in [3.05, 3.63) is 54.1 Å². The maximum atomic E-state index is 13.5. The highest BCUT2D eigenvalue weighted by molar-refractivity contribution is 5.93. The zero-order chi connectivity index (χ0) is 21.4. The van der Waals surface area contributed by atoms with Crippen LogP contribution in [0.3, 0.4) is 0 Å². The van der Waals surface area contributed by atoms with Gasteiger partial charge < -0.3 is 9.84 Å². The zero-order valence-electron chi connectivity index (χ0n) is 17.2. The van der Waals surface area contributed by atoms with Crippen LogP contribution in [0.4, 0.5) is 13.2 Å². The number of halogens is 3. The molecule has 1 atom stereocenters. The SMILES string of the molecule is C=Cc1cccc2c(C(CC)(CC)OC(C)(C)C(C)(O)C(F)(F)F)cccc12. The molecule has 0 aromatic heterocycles. The van der Waals surface area contributed by atoms with Gasteiger partial charge in [-0.25, -0.2) is 0 Å². The van der Waals surface area contributed by atoms with Gasteiger partial charge in [-0.2, -0.15) is 13.2 Å². The normalized spacial score (nSPS) is 15.5. The van der Waals surface area contributed by atoms with E-state index >= 15 is 0 Å². The number of alkyl halides is 3. The molecule has 0 radical (unpaired) electrons. The van der Waals surface area contributed by atoms with Crippen LogP contribution in [0.1, 0.15) is 58.6 Å². The molecule has 154 valence electrons. The number of benzene rings is 2. The summed E-state index contributed by atoms with van der Waals surface area (Å²) in [7, 11) is 0. The third-order valence-electron chi connectivity index (χ3n) is 5.98. The van der Waals surface area contributed by atoms with Crippen molar-refractivity contribution in [2.75, 3.05) is 0 Å². The lowest BCUT2D eigenvalue weighted by Crippen LogP contribution is -2.61. The van der Waals surface area contributed by atoms with Crippen molar-refractivity contribution in [2.24, 2.45) is 0 Å². The molecule has 0 aliphatic heterocycles. The monoisotopic (exact) mass is 394 g/mol. The first-order chi connectivity index (χ1) is 12.9. The summed E-state index contributed by atoms with van der Waals surface area (Å²) in [5.74, 6) is 0. The molecule has 1 N–H and O–H groups in total. The van der Waals surface area contributed by atoms with Gasteiger partial charge in [0.2, 0.25) is 0 Å². The van der Waals surface area contributed by atoms with Gasteiger partial charge in [0.15, 0.2) is 5.60 Å². The molecule has 2 aromatic carbocycles. The Hall–Kier alpha value is -1.85. The molecule has 0 aliphatic rings. The first kappa shape index (κ1) is 22.4. The Kier molecular flexibility index (Phi) is 6.03. The molecule has 0 heterocycles. The van der Waals surface area contributed by atoms with Crippen LogP contribution >= 0.6 is 0 Å². The van der Waals surface area contributed by atoms with Gasteiger partial charge in [0, 0.05) is 0 Å². The predicted molar refractivity (Wildman–Crippen MR) is 108 cm³/mol. The molecule has 28 heavy (non-hydrogen) atoms. The number of fused-ring (bicyclic) bond motifs is 1. The van der Waals surface area contributed by atoms with Crippen molar-refractivity contribution in [3.8, 4) is 0 Å². The molecular formula is C23H29F3O2. The maximum absolute atomic E-state index is 13.5. The number of hydrogen-bond donors (Lipinski definition) is 1. The zero-order valence-corrected chi connectivity index (χ0v) is 17.2. The van der Waals surface area contributed by atoms with Crippen LogP contribution in [0.25, 0.3) is 16.8 Å². The molecular weight excluding hydrogens is 365 g/mol. The maximum Gasteiger partial charge on any atom is 0.419 e. The molecule has 5 heteroatoms. The molecule has 0 fully saturated rings. The van der Waals surface area contributed by atoms with Crippen molar-refractivity contribution in [3.63, 3.8) is 0 Å². The van der Waals surface area contributed by atoms with Gasteiger partial charge in [0.05, 0.1) is 5.60 Å². The van der Waals surface area contributed by atoms with E-state index in [1.54, 1.807) is 6.08 Å². The number of aliphatic hydroxyl groups is 1. The lowest BCUT2D eigenvalue weighted by Gasteiger charge is -2.47. The van der Waals surface area contributed by atoms with Crippen molar-refractivity contribution in [1.82, 2.24) is 0 Å². The quantitative estimate of drug-likeness (QED) is 0.573. The average Bonchev–Trinajstić information content (AvgIpc) is 2.64. The van der Waals surface area contributed by atoms with E-state index in [1.807, 2.05) is 50.2 Å². The van der Waals surface area contributed by atoms with Gasteiger partial charge in [0.1, 0.15) is 5.60 Å². The van der Waals surface area contributed by atoms with Gasteiger partial charge in [-0.15, -0.1) is 0 Å². The van der Waals surface area contributed by atoms with Crippen LogP contribution in [0.5, 0.6) is 0 Å². The van der Waals surface area contributed by atoms with Gasteiger partial charge in [-0.1, -0.05) is 62.9 Å². The number of hydrogen-bond acceptors (Lipinski definition) is 2. The molecule has 0 saturated carbocycles. The Morgan fingerprint density at radius 3 is 2.00 bits per heavy atom. The summed E-state index contributed by atoms with van der Waals surface area (Å²) in [6.45, 7) is 11.0. The summed E-state index contributed by atoms with van der Waals surface area (Å²) in [5, 5.41) is 12.2. The molecule has 2 aromatic rings. The largest absolute Gasteiger partial charge is 0.419 e. The predicted octanol–water partition coefficient (Wildman–Crippen LogP) is 6.61. The summed E-state index contributed by atoms with van der Waals surface area (Å²) in [6, 6.07) is 11.5. The fourth-order valence-corrected chi connectivity index (χ4v) is 3.67. The van der Waals surface area contributed by atoms with Crippen molar-refractivity contribution >= 4 is 16.8 Å². The first-order valence-corrected chi connectivity index (χ1v) is 9.51. The number of rotatable bonds is 7. The van der Waals surface area contributed by atoms with E-state index in [9.17, 15) is 18.3 Å². The van der Waals surface area contributed by atoms with E-state index in [2.05, 4.69) is 6.58 Å². The molecule has 0 amide bonds. The molecule has 2 rings (SSSR count). The summed E-state index contributed by atoms with van der Waals surface area (Å²) in [5.41, 5.74) is -4.10. The minimum absolute atomic E-state index is 0.457. The molecule has 2 nitrogen and oxygen atoms in total. The van der Waals surface area contributed by atoms with Crippen LogP contribution in [0, 0.1) is 0 Å². The smallest absolute Gasteiger partial charge is 0.378 e. The highest BCUT2D eigenvalue weighted by atomic mass is 19.4.